The van der Waals surface area contributed by atoms with E-state index >= 15 is 0 Å². The number of hydrogen-bond donors (Lipinski definition) is 5. The van der Waals surface area contributed by atoms with Gasteiger partial charge in [-0.1, -0.05) is 12.1 Å². The summed E-state index contributed by atoms with van der Waals surface area (Å²) in [5, 5.41) is 12.0. The third-order valence-electron chi connectivity index (χ3n) is 7.82. The van der Waals surface area contributed by atoms with Gasteiger partial charge in [0.2, 0.25) is 5.91 Å². The number of amides is 3. The lowest BCUT2D eigenvalue weighted by Gasteiger charge is -2.41. The maximum Gasteiger partial charge on any atom is 0.354 e. The average Bonchev–Trinajstić information content (AvgIpc) is 2.93. The van der Waals surface area contributed by atoms with Gasteiger partial charge < -0.3 is 32.1 Å². The van der Waals surface area contributed by atoms with Gasteiger partial charge in [0.05, 0.1) is 25.0 Å². The Labute approximate surface area is 233 Å². The van der Waals surface area contributed by atoms with E-state index in [1.54, 1.807) is 12.3 Å². The number of anilines is 1. The van der Waals surface area contributed by atoms with Crippen molar-refractivity contribution in [2.24, 2.45) is 23.1 Å². The molecule has 8 N–H and O–H groups in total. The summed E-state index contributed by atoms with van der Waals surface area (Å²) in [7, 11) is 0. The molecule has 218 valence electrons. The maximum absolute atomic E-state index is 12.8. The summed E-state index contributed by atoms with van der Waals surface area (Å²) in [5.41, 5.74) is 17.9. The minimum Gasteiger partial charge on any atom is -0.394 e. The highest BCUT2D eigenvalue weighted by molar-refractivity contribution is 5.89. The zero-order valence-corrected chi connectivity index (χ0v) is 23.2. The minimum atomic E-state index is -1.45. The molecule has 0 saturated carbocycles. The molecule has 2 saturated heterocycles. The highest BCUT2D eigenvalue weighted by Crippen LogP contribution is 2.21. The molecule has 3 atom stereocenters. The van der Waals surface area contributed by atoms with Crippen LogP contribution in [0.2, 0.25) is 0 Å². The van der Waals surface area contributed by atoms with E-state index in [0.29, 0.717) is 11.6 Å². The SMILES string of the molecule is CC(N)C1CCN(Cc2ccc(-n3ccc(NC(=O)N4CCN(C(=O)[C@@](C)(N)CO)[C@H](N)C4)nc3=O)cc2)CC1. The molecule has 1 aromatic heterocycles. The Hall–Kier alpha value is -3.36. The fourth-order valence-corrected chi connectivity index (χ4v) is 5.16. The van der Waals surface area contributed by atoms with Crippen molar-refractivity contribution in [3.63, 3.8) is 0 Å². The predicted molar refractivity (Wildman–Crippen MR) is 151 cm³/mol. The maximum atomic E-state index is 12.8. The molecular weight excluding hydrogens is 514 g/mol. The van der Waals surface area contributed by atoms with E-state index in [0.717, 1.165) is 32.5 Å². The molecule has 0 bridgehead atoms. The Bertz CT molecular complexity index is 1240. The lowest BCUT2D eigenvalue weighted by molar-refractivity contribution is -0.142. The molecule has 1 unspecified atom stereocenters. The number of carbonyl (C=O) groups excluding carboxylic acids is 2. The van der Waals surface area contributed by atoms with Crippen LogP contribution in [-0.2, 0) is 11.3 Å². The van der Waals surface area contributed by atoms with Gasteiger partial charge in [-0.2, -0.15) is 4.98 Å². The molecule has 0 radical (unpaired) electrons. The fourth-order valence-electron chi connectivity index (χ4n) is 5.16. The molecule has 2 fully saturated rings. The van der Waals surface area contributed by atoms with Crippen molar-refractivity contribution in [3.8, 4) is 5.69 Å². The number of nitrogens with zero attached hydrogens (tertiary/aromatic N) is 5. The van der Waals surface area contributed by atoms with Crippen molar-refractivity contribution < 1.29 is 14.7 Å². The molecule has 2 aromatic rings. The summed E-state index contributed by atoms with van der Waals surface area (Å²) >= 11 is 0. The second-order valence-electron chi connectivity index (χ2n) is 11.1. The number of nitrogens with one attached hydrogen (secondary N) is 1. The molecule has 2 aliphatic heterocycles. The van der Waals surface area contributed by atoms with Crippen LogP contribution in [0.3, 0.4) is 0 Å². The molecule has 3 heterocycles. The number of rotatable bonds is 7. The van der Waals surface area contributed by atoms with E-state index in [2.05, 4.69) is 22.1 Å². The molecule has 4 rings (SSSR count). The third-order valence-corrected chi connectivity index (χ3v) is 7.82. The van der Waals surface area contributed by atoms with Crippen molar-refractivity contribution in [2.75, 3.05) is 44.6 Å². The number of urea groups is 1. The average molecular weight is 556 g/mol. The lowest BCUT2D eigenvalue weighted by atomic mass is 9.91. The summed E-state index contributed by atoms with van der Waals surface area (Å²) in [6.45, 7) is 6.33. The van der Waals surface area contributed by atoms with Crippen LogP contribution in [0.4, 0.5) is 10.6 Å². The summed E-state index contributed by atoms with van der Waals surface area (Å²) < 4.78 is 1.42. The number of aromatic nitrogens is 2. The molecule has 0 spiro atoms. The first-order valence-electron chi connectivity index (χ1n) is 13.7. The minimum absolute atomic E-state index is 0.0622. The van der Waals surface area contributed by atoms with Crippen LogP contribution in [0.25, 0.3) is 5.69 Å². The van der Waals surface area contributed by atoms with Gasteiger partial charge in [-0.3, -0.25) is 19.6 Å². The fraction of sp³-hybridized carbons (Fsp3) is 0.556. The number of carbonyl (C=O) groups is 2. The molecular formula is C27H41N9O4. The standard InChI is InChI=1S/C27H41N9O4/c1-18(28)20-7-10-33(11-8-20)15-19-3-5-21(6-4-19)35-12-9-23(32-26(35)40)31-25(39)34-13-14-36(22(29)16-34)24(38)27(2,30)17-37/h3-6,9,12,18,20,22,37H,7-8,10-11,13-17,28-30H2,1-2H3,(H,31,32,39,40)/t18?,22-,27-/m0/s1. The summed E-state index contributed by atoms with van der Waals surface area (Å²) in [5.74, 6) is 0.215. The highest BCUT2D eigenvalue weighted by Gasteiger charge is 2.38. The molecule has 0 aliphatic carbocycles. The number of aliphatic hydroxyl groups excluding tert-OH is 1. The van der Waals surface area contributed by atoms with Gasteiger partial charge in [0.25, 0.3) is 0 Å². The van der Waals surface area contributed by atoms with Gasteiger partial charge in [-0.25, -0.2) is 9.59 Å². The molecule has 40 heavy (non-hydrogen) atoms. The zero-order valence-electron chi connectivity index (χ0n) is 23.2. The van der Waals surface area contributed by atoms with Crippen molar-refractivity contribution in [1.29, 1.82) is 0 Å². The normalized spacial score (nSPS) is 21.1. The monoisotopic (exact) mass is 555 g/mol. The van der Waals surface area contributed by atoms with Crippen LogP contribution in [0.1, 0.15) is 32.3 Å². The van der Waals surface area contributed by atoms with E-state index in [1.165, 1.54) is 26.9 Å². The van der Waals surface area contributed by atoms with Crippen molar-refractivity contribution >= 4 is 17.8 Å². The smallest absolute Gasteiger partial charge is 0.354 e. The number of hydrogen-bond acceptors (Lipinski definition) is 9. The van der Waals surface area contributed by atoms with Crippen LogP contribution in [-0.4, -0.2) is 98.4 Å². The number of nitrogens with two attached hydrogens (primary N) is 3. The van der Waals surface area contributed by atoms with E-state index in [9.17, 15) is 19.5 Å². The first-order chi connectivity index (χ1) is 19.0. The largest absolute Gasteiger partial charge is 0.394 e. The van der Waals surface area contributed by atoms with Crippen LogP contribution >= 0.6 is 0 Å². The van der Waals surface area contributed by atoms with Gasteiger partial charge >= 0.3 is 11.7 Å². The van der Waals surface area contributed by atoms with Gasteiger partial charge in [0.15, 0.2) is 0 Å². The number of piperazine rings is 1. The number of benzene rings is 1. The van der Waals surface area contributed by atoms with Gasteiger partial charge in [-0.15, -0.1) is 0 Å². The van der Waals surface area contributed by atoms with Crippen LogP contribution in [0.5, 0.6) is 0 Å². The van der Waals surface area contributed by atoms with Crippen LogP contribution in [0.15, 0.2) is 41.3 Å². The van der Waals surface area contributed by atoms with Crippen LogP contribution in [0, 0.1) is 5.92 Å². The molecule has 3 amide bonds. The topological polar surface area (TPSA) is 189 Å². The van der Waals surface area contributed by atoms with E-state index < -0.39 is 35.9 Å². The second-order valence-corrected chi connectivity index (χ2v) is 11.1. The highest BCUT2D eigenvalue weighted by atomic mass is 16.3. The summed E-state index contributed by atoms with van der Waals surface area (Å²) in [4.78, 5) is 47.3. The second kappa shape index (κ2) is 12.4. The Morgan fingerprint density at radius 3 is 2.40 bits per heavy atom. The molecule has 2 aliphatic rings. The van der Waals surface area contributed by atoms with Crippen molar-refractivity contribution in [3.05, 3.63) is 52.6 Å². The van der Waals surface area contributed by atoms with Crippen molar-refractivity contribution in [1.82, 2.24) is 24.3 Å². The van der Waals surface area contributed by atoms with Gasteiger partial charge in [-0.05, 0) is 69.5 Å². The number of aliphatic hydroxyl groups is 1. The van der Waals surface area contributed by atoms with Gasteiger partial charge in [0.1, 0.15) is 11.4 Å². The Morgan fingerprint density at radius 1 is 1.15 bits per heavy atom. The van der Waals surface area contributed by atoms with E-state index in [-0.39, 0.29) is 31.5 Å². The molecule has 13 nitrogen and oxygen atoms in total. The van der Waals surface area contributed by atoms with E-state index in [1.807, 2.05) is 24.3 Å². The van der Waals surface area contributed by atoms with Crippen molar-refractivity contribution in [2.45, 2.75) is 51.0 Å². The Morgan fingerprint density at radius 2 is 1.82 bits per heavy atom. The zero-order chi connectivity index (χ0) is 29.0. The Kier molecular flexibility index (Phi) is 9.21. The van der Waals surface area contributed by atoms with E-state index in [4.69, 9.17) is 17.2 Å². The summed E-state index contributed by atoms with van der Waals surface area (Å²) in [6.07, 6.45) is 3.01. The third kappa shape index (κ3) is 6.85. The summed E-state index contributed by atoms with van der Waals surface area (Å²) in [6, 6.07) is 9.09. The predicted octanol–water partition coefficient (Wildman–Crippen LogP) is -0.538. The Balaban J connectivity index is 1.32. The number of piperidine rings is 1. The lowest BCUT2D eigenvalue weighted by Crippen LogP contribution is -2.66. The molecule has 1 aromatic carbocycles. The van der Waals surface area contributed by atoms with Crippen LogP contribution < -0.4 is 28.2 Å². The van der Waals surface area contributed by atoms with Gasteiger partial charge in [0, 0.05) is 31.9 Å². The first kappa shape index (κ1) is 29.6. The quantitative estimate of drug-likeness (QED) is 0.299. The number of likely N-dealkylation sites (tertiary alicyclic amines) is 1. The molecule has 13 heteroatoms. The first-order valence-corrected chi connectivity index (χ1v) is 13.7.